The summed E-state index contributed by atoms with van der Waals surface area (Å²) in [7, 11) is 0. The fourth-order valence-corrected chi connectivity index (χ4v) is 1.98. The van der Waals surface area contributed by atoms with Crippen molar-refractivity contribution in [3.63, 3.8) is 0 Å². The molecule has 0 aliphatic heterocycles. The van der Waals surface area contributed by atoms with Gasteiger partial charge in [-0.1, -0.05) is 13.8 Å². The number of imidazole rings is 1. The molecular formula is C14H19F2N3O. The van der Waals surface area contributed by atoms with E-state index in [2.05, 4.69) is 18.8 Å². The van der Waals surface area contributed by atoms with Crippen LogP contribution in [0.2, 0.25) is 0 Å². The third kappa shape index (κ3) is 3.07. The van der Waals surface area contributed by atoms with Crippen molar-refractivity contribution in [3.8, 4) is 0 Å². The molecule has 0 saturated carbocycles. The number of nitrogen functional groups attached to an aromatic ring is 1. The van der Waals surface area contributed by atoms with E-state index < -0.39 is 11.6 Å². The van der Waals surface area contributed by atoms with E-state index in [1.54, 1.807) is 0 Å². The van der Waals surface area contributed by atoms with Gasteiger partial charge in [-0.2, -0.15) is 0 Å². The first-order chi connectivity index (χ1) is 9.50. The summed E-state index contributed by atoms with van der Waals surface area (Å²) in [6.07, 6.45) is 0.961. The first-order valence-corrected chi connectivity index (χ1v) is 6.68. The van der Waals surface area contributed by atoms with Crippen molar-refractivity contribution in [2.75, 3.05) is 18.9 Å². The van der Waals surface area contributed by atoms with Crippen molar-refractivity contribution in [1.29, 1.82) is 0 Å². The average Bonchev–Trinajstić information content (AvgIpc) is 2.70. The minimum atomic E-state index is -0.922. The van der Waals surface area contributed by atoms with E-state index in [0.29, 0.717) is 31.2 Å². The monoisotopic (exact) mass is 283 g/mol. The molecule has 0 bridgehead atoms. The summed E-state index contributed by atoms with van der Waals surface area (Å²) in [5.41, 5.74) is 6.19. The number of nitrogens with two attached hydrogens (primary N) is 1. The maximum absolute atomic E-state index is 13.8. The smallest absolute Gasteiger partial charge is 0.201 e. The molecule has 20 heavy (non-hydrogen) atoms. The van der Waals surface area contributed by atoms with Crippen molar-refractivity contribution in [2.24, 2.45) is 5.92 Å². The zero-order valence-electron chi connectivity index (χ0n) is 11.7. The van der Waals surface area contributed by atoms with Crippen molar-refractivity contribution in [2.45, 2.75) is 26.8 Å². The lowest BCUT2D eigenvalue weighted by atomic mass is 10.1. The largest absolute Gasteiger partial charge is 0.380 e. The lowest BCUT2D eigenvalue weighted by Gasteiger charge is -2.09. The third-order valence-electron chi connectivity index (χ3n) is 3.13. The molecule has 0 aliphatic carbocycles. The Morgan fingerprint density at radius 2 is 2.05 bits per heavy atom. The fraction of sp³-hybridized carbons (Fsp3) is 0.500. The molecule has 1 aromatic heterocycles. The molecule has 1 heterocycles. The predicted molar refractivity (Wildman–Crippen MR) is 74.3 cm³/mol. The number of halogens is 2. The van der Waals surface area contributed by atoms with Gasteiger partial charge in [0.1, 0.15) is 5.52 Å². The Morgan fingerprint density at radius 1 is 1.30 bits per heavy atom. The van der Waals surface area contributed by atoms with Gasteiger partial charge >= 0.3 is 0 Å². The Hall–Kier alpha value is -1.69. The number of benzene rings is 1. The number of hydrogen-bond acceptors (Lipinski definition) is 3. The first-order valence-electron chi connectivity index (χ1n) is 6.68. The van der Waals surface area contributed by atoms with Gasteiger partial charge < -0.3 is 15.0 Å². The number of fused-ring (bicyclic) bond motifs is 1. The number of hydrogen-bond donors (Lipinski definition) is 1. The predicted octanol–water partition coefficient (Wildman–Crippen LogP) is 2.96. The van der Waals surface area contributed by atoms with Gasteiger partial charge in [0.05, 0.1) is 12.1 Å². The highest BCUT2D eigenvalue weighted by Crippen LogP contribution is 2.22. The quantitative estimate of drug-likeness (QED) is 0.829. The SMILES string of the molecule is CC(C)CCOCCn1c(N)nc2ccc(F)c(F)c21. The number of aromatic nitrogens is 2. The van der Waals surface area contributed by atoms with Crippen LogP contribution in [-0.4, -0.2) is 22.8 Å². The van der Waals surface area contributed by atoms with E-state index in [0.717, 1.165) is 12.5 Å². The summed E-state index contributed by atoms with van der Waals surface area (Å²) in [4.78, 5) is 4.02. The van der Waals surface area contributed by atoms with Crippen LogP contribution in [0.15, 0.2) is 12.1 Å². The highest BCUT2D eigenvalue weighted by atomic mass is 19.2. The van der Waals surface area contributed by atoms with E-state index in [1.807, 2.05) is 0 Å². The standard InChI is InChI=1S/C14H19F2N3O/c1-9(2)5-7-20-8-6-19-13-11(18-14(19)17)4-3-10(15)12(13)16/h3-4,9H,5-8H2,1-2H3,(H2,17,18). The zero-order chi connectivity index (χ0) is 14.7. The van der Waals surface area contributed by atoms with Crippen LogP contribution >= 0.6 is 0 Å². The fourth-order valence-electron chi connectivity index (χ4n) is 1.98. The maximum Gasteiger partial charge on any atom is 0.201 e. The Balaban J connectivity index is 2.09. The molecule has 1 aromatic carbocycles. The average molecular weight is 283 g/mol. The summed E-state index contributed by atoms with van der Waals surface area (Å²) in [5, 5.41) is 0. The molecule has 2 aromatic rings. The molecule has 0 unspecified atom stereocenters. The van der Waals surface area contributed by atoms with Crippen LogP contribution in [0, 0.1) is 17.6 Å². The molecule has 2 N–H and O–H groups in total. The van der Waals surface area contributed by atoms with Crippen molar-refractivity contribution < 1.29 is 13.5 Å². The molecule has 0 radical (unpaired) electrons. The highest BCUT2D eigenvalue weighted by Gasteiger charge is 2.15. The van der Waals surface area contributed by atoms with Crippen LogP contribution in [0.3, 0.4) is 0 Å². The van der Waals surface area contributed by atoms with Crippen molar-refractivity contribution >= 4 is 17.0 Å². The Labute approximate surface area is 116 Å². The van der Waals surface area contributed by atoms with Gasteiger partial charge in [-0.25, -0.2) is 13.8 Å². The van der Waals surface area contributed by atoms with E-state index in [4.69, 9.17) is 10.5 Å². The number of anilines is 1. The Morgan fingerprint density at radius 3 is 2.75 bits per heavy atom. The summed E-state index contributed by atoms with van der Waals surface area (Å²) in [5.74, 6) is -1.09. The third-order valence-corrected chi connectivity index (χ3v) is 3.13. The number of nitrogens with zero attached hydrogens (tertiary/aromatic N) is 2. The maximum atomic E-state index is 13.8. The second kappa shape index (κ2) is 6.17. The molecule has 4 nitrogen and oxygen atoms in total. The highest BCUT2D eigenvalue weighted by molar-refractivity contribution is 5.79. The van der Waals surface area contributed by atoms with Crippen LogP contribution < -0.4 is 5.73 Å². The molecule has 0 fully saturated rings. The Kier molecular flexibility index (Phi) is 4.54. The van der Waals surface area contributed by atoms with Crippen molar-refractivity contribution in [1.82, 2.24) is 9.55 Å². The second-order valence-corrected chi connectivity index (χ2v) is 5.15. The lowest BCUT2D eigenvalue weighted by molar-refractivity contribution is 0.117. The molecule has 0 amide bonds. The first kappa shape index (κ1) is 14.7. The zero-order valence-corrected chi connectivity index (χ0v) is 11.7. The van der Waals surface area contributed by atoms with E-state index in [9.17, 15) is 8.78 Å². The minimum absolute atomic E-state index is 0.0926. The summed E-state index contributed by atoms with van der Waals surface area (Å²) in [6, 6.07) is 2.47. The van der Waals surface area contributed by atoms with Gasteiger partial charge in [0.25, 0.3) is 0 Å². The van der Waals surface area contributed by atoms with Gasteiger partial charge in [-0.3, -0.25) is 0 Å². The van der Waals surface area contributed by atoms with Crippen molar-refractivity contribution in [3.05, 3.63) is 23.8 Å². The molecule has 0 spiro atoms. The molecule has 0 saturated heterocycles. The van der Waals surface area contributed by atoms with Gasteiger partial charge in [0.15, 0.2) is 11.6 Å². The summed E-state index contributed by atoms with van der Waals surface area (Å²) < 4.78 is 34.0. The minimum Gasteiger partial charge on any atom is -0.380 e. The normalized spacial score (nSPS) is 11.7. The van der Waals surface area contributed by atoms with Crippen LogP contribution in [0.5, 0.6) is 0 Å². The second-order valence-electron chi connectivity index (χ2n) is 5.15. The molecule has 0 aliphatic rings. The van der Waals surface area contributed by atoms with Crippen LogP contribution in [0.4, 0.5) is 14.7 Å². The van der Waals surface area contributed by atoms with E-state index in [1.165, 1.54) is 10.6 Å². The number of rotatable bonds is 6. The van der Waals surface area contributed by atoms with Crippen LogP contribution in [-0.2, 0) is 11.3 Å². The molecule has 6 heteroatoms. The van der Waals surface area contributed by atoms with Gasteiger partial charge in [0, 0.05) is 13.2 Å². The van der Waals surface area contributed by atoms with Gasteiger partial charge in [0.2, 0.25) is 5.95 Å². The van der Waals surface area contributed by atoms with Crippen LogP contribution in [0.25, 0.3) is 11.0 Å². The Bertz CT molecular complexity index is 596. The molecule has 0 atom stereocenters. The van der Waals surface area contributed by atoms with Gasteiger partial charge in [-0.15, -0.1) is 0 Å². The molecule has 110 valence electrons. The summed E-state index contributed by atoms with van der Waals surface area (Å²) >= 11 is 0. The molecular weight excluding hydrogens is 264 g/mol. The van der Waals surface area contributed by atoms with E-state index >= 15 is 0 Å². The summed E-state index contributed by atoms with van der Waals surface area (Å²) in [6.45, 7) is 5.60. The van der Waals surface area contributed by atoms with E-state index in [-0.39, 0.29) is 11.5 Å². The van der Waals surface area contributed by atoms with Crippen LogP contribution in [0.1, 0.15) is 20.3 Å². The molecule has 2 rings (SSSR count). The van der Waals surface area contributed by atoms with Gasteiger partial charge in [-0.05, 0) is 24.5 Å². The topological polar surface area (TPSA) is 53.1 Å². The number of ether oxygens (including phenoxy) is 1. The lowest BCUT2D eigenvalue weighted by Crippen LogP contribution is -2.11.